The highest BCUT2D eigenvalue weighted by atomic mass is 16.4. The first-order valence-corrected chi connectivity index (χ1v) is 9.76. The molecular weight excluding hydrogens is 302 g/mol. The third-order valence-corrected chi connectivity index (χ3v) is 6.68. The van der Waals surface area contributed by atoms with E-state index in [4.69, 9.17) is 10.1 Å². The summed E-state index contributed by atoms with van der Waals surface area (Å²) in [6, 6.07) is 0.956. The molecule has 2 saturated heterocycles. The van der Waals surface area contributed by atoms with Gasteiger partial charge in [0.25, 0.3) is 0 Å². The van der Waals surface area contributed by atoms with E-state index in [-0.39, 0.29) is 17.9 Å². The summed E-state index contributed by atoms with van der Waals surface area (Å²) in [4.78, 5) is 18.8. The zero-order valence-corrected chi connectivity index (χ0v) is 15.3. The van der Waals surface area contributed by atoms with Crippen molar-refractivity contribution in [2.24, 2.45) is 10.9 Å². The molecule has 136 valence electrons. The maximum absolute atomic E-state index is 11.1. The summed E-state index contributed by atoms with van der Waals surface area (Å²) in [6.45, 7) is 8.06. The molecule has 3 aliphatic rings. The largest absolute Gasteiger partial charge is 0.481 e. The summed E-state index contributed by atoms with van der Waals surface area (Å²) in [6.07, 6.45) is 8.07. The van der Waals surface area contributed by atoms with Gasteiger partial charge in [-0.3, -0.25) is 14.7 Å². The Bertz CT molecular complexity index is 485. The average molecular weight is 335 g/mol. The van der Waals surface area contributed by atoms with E-state index < -0.39 is 5.97 Å². The first kappa shape index (κ1) is 17.9. The van der Waals surface area contributed by atoms with Gasteiger partial charge >= 0.3 is 5.97 Å². The smallest absolute Gasteiger partial charge is 0.304 e. The van der Waals surface area contributed by atoms with Gasteiger partial charge in [0.05, 0.1) is 12.5 Å². The number of carboxylic acids is 1. The van der Waals surface area contributed by atoms with E-state index in [1.807, 2.05) is 0 Å². The summed E-state index contributed by atoms with van der Waals surface area (Å²) in [5.74, 6) is -0.495. The van der Waals surface area contributed by atoms with Crippen LogP contribution < -0.4 is 5.32 Å². The summed E-state index contributed by atoms with van der Waals surface area (Å²) >= 11 is 0. The molecule has 0 bridgehead atoms. The molecule has 5 heteroatoms. The SMILES string of the molecule is CC1NCCC1(C)N1CCC(N=C2CCCC[C@@H]2CC(=O)O)CC1. The van der Waals surface area contributed by atoms with Gasteiger partial charge in [-0.05, 0) is 58.9 Å². The van der Waals surface area contributed by atoms with Crippen molar-refractivity contribution in [2.75, 3.05) is 19.6 Å². The zero-order valence-electron chi connectivity index (χ0n) is 15.3. The lowest BCUT2D eigenvalue weighted by molar-refractivity contribution is -0.137. The number of carboxylic acid groups (broad SMARTS) is 1. The first-order chi connectivity index (χ1) is 11.5. The summed E-state index contributed by atoms with van der Waals surface area (Å²) in [5.41, 5.74) is 1.48. The highest BCUT2D eigenvalue weighted by Gasteiger charge is 2.42. The van der Waals surface area contributed by atoms with Crippen LogP contribution >= 0.6 is 0 Å². The minimum absolute atomic E-state index is 0.186. The molecule has 0 radical (unpaired) electrons. The molecule has 2 aliphatic heterocycles. The molecule has 3 fully saturated rings. The molecule has 0 aromatic heterocycles. The molecule has 5 nitrogen and oxygen atoms in total. The Labute approximate surface area is 145 Å². The van der Waals surface area contributed by atoms with Crippen LogP contribution in [0.25, 0.3) is 0 Å². The molecule has 2 heterocycles. The number of aliphatic imine (C=N–C) groups is 1. The number of nitrogens with one attached hydrogen (secondary N) is 1. The predicted molar refractivity (Wildman–Crippen MR) is 96.7 cm³/mol. The van der Waals surface area contributed by atoms with E-state index >= 15 is 0 Å². The molecule has 1 aliphatic carbocycles. The Kier molecular flexibility index (Phi) is 5.60. The second kappa shape index (κ2) is 7.52. The van der Waals surface area contributed by atoms with Crippen LogP contribution in [-0.4, -0.2) is 58.9 Å². The highest BCUT2D eigenvalue weighted by molar-refractivity contribution is 5.90. The Hall–Kier alpha value is -0.940. The van der Waals surface area contributed by atoms with Crippen LogP contribution in [-0.2, 0) is 4.79 Å². The molecule has 0 aromatic carbocycles. The number of hydrogen-bond donors (Lipinski definition) is 2. The average Bonchev–Trinajstić information content (AvgIpc) is 2.90. The van der Waals surface area contributed by atoms with E-state index in [1.165, 1.54) is 18.6 Å². The van der Waals surface area contributed by atoms with Gasteiger partial charge in [0.2, 0.25) is 0 Å². The van der Waals surface area contributed by atoms with Crippen molar-refractivity contribution in [1.29, 1.82) is 0 Å². The second-order valence-electron chi connectivity index (χ2n) is 8.16. The molecular formula is C19H33N3O2. The predicted octanol–water partition coefficient (Wildman–Crippen LogP) is 2.70. The molecule has 0 aromatic rings. The number of aliphatic carboxylic acids is 1. The lowest BCUT2D eigenvalue weighted by atomic mass is 9.84. The molecule has 1 saturated carbocycles. The lowest BCUT2D eigenvalue weighted by Crippen LogP contribution is -2.55. The fraction of sp³-hybridized carbons (Fsp3) is 0.895. The van der Waals surface area contributed by atoms with Crippen LogP contribution in [0, 0.1) is 5.92 Å². The van der Waals surface area contributed by atoms with Gasteiger partial charge < -0.3 is 10.4 Å². The maximum atomic E-state index is 11.1. The van der Waals surface area contributed by atoms with E-state index in [0.717, 1.165) is 51.7 Å². The van der Waals surface area contributed by atoms with E-state index in [0.29, 0.717) is 12.1 Å². The van der Waals surface area contributed by atoms with Crippen LogP contribution in [0.4, 0.5) is 0 Å². The van der Waals surface area contributed by atoms with Crippen LogP contribution in [0.5, 0.6) is 0 Å². The monoisotopic (exact) mass is 335 g/mol. The maximum Gasteiger partial charge on any atom is 0.304 e. The van der Waals surface area contributed by atoms with Crippen LogP contribution in [0.1, 0.15) is 65.2 Å². The van der Waals surface area contributed by atoms with Gasteiger partial charge in [0.1, 0.15) is 0 Å². The lowest BCUT2D eigenvalue weighted by Gasteiger charge is -2.44. The fourth-order valence-corrected chi connectivity index (χ4v) is 4.82. The van der Waals surface area contributed by atoms with Crippen molar-refractivity contribution >= 4 is 11.7 Å². The Morgan fingerprint density at radius 3 is 2.71 bits per heavy atom. The normalized spacial score (nSPS) is 37.8. The highest BCUT2D eigenvalue weighted by Crippen LogP contribution is 2.32. The third-order valence-electron chi connectivity index (χ3n) is 6.68. The van der Waals surface area contributed by atoms with Crippen molar-refractivity contribution in [3.05, 3.63) is 0 Å². The van der Waals surface area contributed by atoms with Gasteiger partial charge in [-0.15, -0.1) is 0 Å². The quantitative estimate of drug-likeness (QED) is 0.829. The standard InChI is InChI=1S/C19H33N3O2/c1-14-19(2,9-10-20-14)22-11-7-16(8-12-22)21-17-6-4-3-5-15(17)13-18(23)24/h14-16,20H,3-13H2,1-2H3,(H,23,24)/t14?,15-,19?/m1/s1. The van der Waals surface area contributed by atoms with Crippen molar-refractivity contribution in [3.8, 4) is 0 Å². The Balaban J connectivity index is 1.58. The number of hydrogen-bond acceptors (Lipinski definition) is 4. The zero-order chi connectivity index (χ0) is 17.2. The molecule has 3 rings (SSSR count). The number of piperidine rings is 1. The first-order valence-electron chi connectivity index (χ1n) is 9.76. The molecule has 0 spiro atoms. The van der Waals surface area contributed by atoms with Gasteiger partial charge in [-0.25, -0.2) is 0 Å². The van der Waals surface area contributed by atoms with Gasteiger partial charge in [-0.1, -0.05) is 6.42 Å². The minimum Gasteiger partial charge on any atom is -0.481 e. The fourth-order valence-electron chi connectivity index (χ4n) is 4.82. The molecule has 2 unspecified atom stereocenters. The molecule has 24 heavy (non-hydrogen) atoms. The molecule has 2 N–H and O–H groups in total. The van der Waals surface area contributed by atoms with Gasteiger partial charge in [0, 0.05) is 36.3 Å². The molecule has 3 atom stereocenters. The summed E-state index contributed by atoms with van der Waals surface area (Å²) in [5, 5.41) is 12.7. The number of carbonyl (C=O) groups is 1. The Morgan fingerprint density at radius 2 is 2.08 bits per heavy atom. The van der Waals surface area contributed by atoms with Crippen molar-refractivity contribution in [1.82, 2.24) is 10.2 Å². The number of rotatable bonds is 4. The Morgan fingerprint density at radius 1 is 1.33 bits per heavy atom. The number of likely N-dealkylation sites (tertiary alicyclic amines) is 1. The van der Waals surface area contributed by atoms with E-state index in [2.05, 4.69) is 24.1 Å². The van der Waals surface area contributed by atoms with Crippen molar-refractivity contribution < 1.29 is 9.90 Å². The molecule has 0 amide bonds. The van der Waals surface area contributed by atoms with Gasteiger partial charge in [0.15, 0.2) is 0 Å². The second-order valence-corrected chi connectivity index (χ2v) is 8.16. The van der Waals surface area contributed by atoms with Crippen molar-refractivity contribution in [3.63, 3.8) is 0 Å². The summed E-state index contributed by atoms with van der Waals surface area (Å²) < 4.78 is 0. The minimum atomic E-state index is -0.680. The third kappa shape index (κ3) is 3.83. The van der Waals surface area contributed by atoms with Crippen molar-refractivity contribution in [2.45, 2.75) is 82.8 Å². The number of nitrogens with zero attached hydrogens (tertiary/aromatic N) is 2. The summed E-state index contributed by atoms with van der Waals surface area (Å²) in [7, 11) is 0. The topological polar surface area (TPSA) is 64.9 Å². The van der Waals surface area contributed by atoms with Crippen LogP contribution in [0.2, 0.25) is 0 Å². The van der Waals surface area contributed by atoms with Crippen LogP contribution in [0.15, 0.2) is 4.99 Å². The van der Waals surface area contributed by atoms with Crippen LogP contribution in [0.3, 0.4) is 0 Å². The van der Waals surface area contributed by atoms with Gasteiger partial charge in [-0.2, -0.15) is 0 Å². The van der Waals surface area contributed by atoms with E-state index in [9.17, 15) is 4.79 Å². The van der Waals surface area contributed by atoms with E-state index in [1.54, 1.807) is 0 Å².